The van der Waals surface area contributed by atoms with Crippen LogP contribution in [0.15, 0.2) is 30.6 Å². The third-order valence-corrected chi connectivity index (χ3v) is 2.82. The van der Waals surface area contributed by atoms with Gasteiger partial charge in [-0.1, -0.05) is 29.3 Å². The number of aromatic nitrogens is 1. The second-order valence-corrected chi connectivity index (χ2v) is 4.07. The van der Waals surface area contributed by atoms with Gasteiger partial charge in [0.1, 0.15) is 0 Å². The van der Waals surface area contributed by atoms with Gasteiger partial charge in [-0.25, -0.2) is 0 Å². The summed E-state index contributed by atoms with van der Waals surface area (Å²) in [6.45, 7) is 0.484. The fourth-order valence-electron chi connectivity index (χ4n) is 1.52. The first-order chi connectivity index (χ1) is 7.22. The maximum absolute atomic E-state index is 6.11. The topological polar surface area (TPSA) is 41.8 Å². The molecule has 0 saturated carbocycles. The van der Waals surface area contributed by atoms with Crippen LogP contribution >= 0.6 is 23.2 Å². The number of aromatic amines is 1. The highest BCUT2D eigenvalue weighted by atomic mass is 35.5. The molecule has 0 fully saturated rings. The van der Waals surface area contributed by atoms with Crippen molar-refractivity contribution in [3.8, 4) is 11.1 Å². The third-order valence-electron chi connectivity index (χ3n) is 2.27. The van der Waals surface area contributed by atoms with Crippen LogP contribution in [0.5, 0.6) is 0 Å². The summed E-state index contributed by atoms with van der Waals surface area (Å²) in [7, 11) is 0. The first kappa shape index (κ1) is 10.6. The summed E-state index contributed by atoms with van der Waals surface area (Å²) in [5.74, 6) is 0. The van der Waals surface area contributed by atoms with Crippen LogP contribution in [0.1, 0.15) is 5.56 Å². The molecule has 0 atom stereocenters. The van der Waals surface area contributed by atoms with Crippen molar-refractivity contribution in [2.45, 2.75) is 6.54 Å². The van der Waals surface area contributed by atoms with Crippen molar-refractivity contribution >= 4 is 23.2 Å². The lowest BCUT2D eigenvalue weighted by Crippen LogP contribution is -1.96. The van der Waals surface area contributed by atoms with Crippen molar-refractivity contribution in [2.24, 2.45) is 5.73 Å². The zero-order chi connectivity index (χ0) is 10.8. The summed E-state index contributed by atoms with van der Waals surface area (Å²) in [4.78, 5) is 3.02. The molecule has 0 aliphatic carbocycles. The number of hydrogen-bond donors (Lipinski definition) is 2. The van der Waals surface area contributed by atoms with E-state index in [0.29, 0.717) is 16.6 Å². The minimum Gasteiger partial charge on any atom is -0.367 e. The summed E-state index contributed by atoms with van der Waals surface area (Å²) in [5, 5.41) is 1.27. The standard InChI is InChI=1S/C11H10Cl2N2/c12-8-1-2-9(11(13)3-8)10-6-15-5-7(10)4-14/h1-3,5-6,15H,4,14H2. The molecule has 2 rings (SSSR count). The largest absolute Gasteiger partial charge is 0.367 e. The number of nitrogens with two attached hydrogens (primary N) is 1. The van der Waals surface area contributed by atoms with E-state index in [4.69, 9.17) is 28.9 Å². The number of nitrogens with one attached hydrogen (secondary N) is 1. The Bertz CT molecular complexity index is 477. The van der Waals surface area contributed by atoms with Crippen molar-refractivity contribution in [2.75, 3.05) is 0 Å². The van der Waals surface area contributed by atoms with E-state index in [1.54, 1.807) is 6.07 Å². The number of halogens is 2. The average molecular weight is 241 g/mol. The number of H-pyrrole nitrogens is 1. The third kappa shape index (κ3) is 2.02. The normalized spacial score (nSPS) is 10.6. The van der Waals surface area contributed by atoms with Gasteiger partial charge in [0.05, 0.1) is 0 Å². The smallest absolute Gasteiger partial charge is 0.0499 e. The molecule has 0 aliphatic heterocycles. The Morgan fingerprint density at radius 2 is 1.93 bits per heavy atom. The molecular formula is C11H10Cl2N2. The zero-order valence-electron chi connectivity index (χ0n) is 7.93. The predicted octanol–water partition coefficient (Wildman–Crippen LogP) is 3.45. The van der Waals surface area contributed by atoms with E-state index in [9.17, 15) is 0 Å². The quantitative estimate of drug-likeness (QED) is 0.830. The summed E-state index contributed by atoms with van der Waals surface area (Å²) in [6.07, 6.45) is 3.76. The van der Waals surface area contributed by atoms with Crippen molar-refractivity contribution in [1.29, 1.82) is 0 Å². The van der Waals surface area contributed by atoms with Crippen LogP contribution in [0.2, 0.25) is 10.0 Å². The molecule has 0 amide bonds. The molecule has 0 spiro atoms. The Morgan fingerprint density at radius 3 is 2.60 bits per heavy atom. The molecule has 0 aliphatic rings. The van der Waals surface area contributed by atoms with Gasteiger partial charge in [0, 0.05) is 40.1 Å². The monoisotopic (exact) mass is 240 g/mol. The van der Waals surface area contributed by atoms with Gasteiger partial charge >= 0.3 is 0 Å². The molecule has 0 unspecified atom stereocenters. The van der Waals surface area contributed by atoms with Gasteiger partial charge < -0.3 is 10.7 Å². The van der Waals surface area contributed by atoms with Gasteiger partial charge in [-0.2, -0.15) is 0 Å². The van der Waals surface area contributed by atoms with Crippen molar-refractivity contribution in [1.82, 2.24) is 4.98 Å². The Labute approximate surface area is 98.0 Å². The maximum atomic E-state index is 6.11. The van der Waals surface area contributed by atoms with Crippen molar-refractivity contribution in [3.63, 3.8) is 0 Å². The SMILES string of the molecule is NCc1c[nH]cc1-c1ccc(Cl)cc1Cl. The summed E-state index contributed by atoms with van der Waals surface area (Å²) >= 11 is 11.9. The first-order valence-electron chi connectivity index (χ1n) is 4.53. The lowest BCUT2D eigenvalue weighted by atomic mass is 10.0. The number of benzene rings is 1. The molecule has 2 aromatic rings. The molecule has 78 valence electrons. The molecule has 0 radical (unpaired) electrons. The van der Waals surface area contributed by atoms with E-state index < -0.39 is 0 Å². The highest BCUT2D eigenvalue weighted by molar-refractivity contribution is 6.36. The number of hydrogen-bond acceptors (Lipinski definition) is 1. The predicted molar refractivity (Wildman–Crippen MR) is 64.1 cm³/mol. The number of rotatable bonds is 2. The second kappa shape index (κ2) is 4.27. The van der Waals surface area contributed by atoms with Crippen LogP contribution in [0.25, 0.3) is 11.1 Å². The van der Waals surface area contributed by atoms with E-state index in [1.165, 1.54) is 0 Å². The Kier molecular flexibility index (Phi) is 3.00. The van der Waals surface area contributed by atoms with Crippen LogP contribution in [0.3, 0.4) is 0 Å². The first-order valence-corrected chi connectivity index (χ1v) is 5.29. The molecule has 0 saturated heterocycles. The average Bonchev–Trinajstić information content (AvgIpc) is 2.65. The Balaban J connectivity index is 2.54. The van der Waals surface area contributed by atoms with Crippen LogP contribution in [0, 0.1) is 0 Å². The molecule has 1 aromatic carbocycles. The fraction of sp³-hybridized carbons (Fsp3) is 0.0909. The highest BCUT2D eigenvalue weighted by Crippen LogP contribution is 2.32. The maximum Gasteiger partial charge on any atom is 0.0499 e. The Morgan fingerprint density at radius 1 is 1.13 bits per heavy atom. The highest BCUT2D eigenvalue weighted by Gasteiger charge is 2.08. The van der Waals surface area contributed by atoms with E-state index in [-0.39, 0.29) is 0 Å². The van der Waals surface area contributed by atoms with Gasteiger partial charge in [-0.05, 0) is 17.7 Å². The summed E-state index contributed by atoms with van der Waals surface area (Å²) < 4.78 is 0. The van der Waals surface area contributed by atoms with Crippen molar-refractivity contribution in [3.05, 3.63) is 46.2 Å². The molecular weight excluding hydrogens is 231 g/mol. The lowest BCUT2D eigenvalue weighted by molar-refractivity contribution is 1.08. The van der Waals surface area contributed by atoms with Gasteiger partial charge in [0.15, 0.2) is 0 Å². The second-order valence-electron chi connectivity index (χ2n) is 3.22. The molecule has 1 aromatic heterocycles. The molecule has 0 bridgehead atoms. The minimum absolute atomic E-state index is 0.484. The van der Waals surface area contributed by atoms with Gasteiger partial charge in [0.2, 0.25) is 0 Å². The fourth-order valence-corrected chi connectivity index (χ4v) is 2.03. The molecule has 2 nitrogen and oxygen atoms in total. The van der Waals surface area contributed by atoms with E-state index in [1.807, 2.05) is 24.5 Å². The van der Waals surface area contributed by atoms with Gasteiger partial charge in [0.25, 0.3) is 0 Å². The zero-order valence-corrected chi connectivity index (χ0v) is 9.44. The van der Waals surface area contributed by atoms with Crippen LogP contribution in [-0.4, -0.2) is 4.98 Å². The molecule has 1 heterocycles. The molecule has 3 N–H and O–H groups in total. The molecule has 15 heavy (non-hydrogen) atoms. The van der Waals surface area contributed by atoms with E-state index >= 15 is 0 Å². The summed E-state index contributed by atoms with van der Waals surface area (Å²) in [6, 6.07) is 5.44. The van der Waals surface area contributed by atoms with Crippen LogP contribution < -0.4 is 5.73 Å². The van der Waals surface area contributed by atoms with Gasteiger partial charge in [-0.15, -0.1) is 0 Å². The summed E-state index contributed by atoms with van der Waals surface area (Å²) in [5.41, 5.74) is 8.64. The van der Waals surface area contributed by atoms with Crippen molar-refractivity contribution < 1.29 is 0 Å². The molecule has 4 heteroatoms. The van der Waals surface area contributed by atoms with E-state index in [0.717, 1.165) is 16.7 Å². The van der Waals surface area contributed by atoms with Crippen LogP contribution in [-0.2, 0) is 6.54 Å². The Hall–Kier alpha value is -0.960. The van der Waals surface area contributed by atoms with Crippen LogP contribution in [0.4, 0.5) is 0 Å². The lowest BCUT2D eigenvalue weighted by Gasteiger charge is -2.04. The van der Waals surface area contributed by atoms with Gasteiger partial charge in [-0.3, -0.25) is 0 Å². The van der Waals surface area contributed by atoms with E-state index in [2.05, 4.69) is 4.98 Å². The minimum atomic E-state index is 0.484.